The molecule has 0 aliphatic heterocycles. The molecule has 0 radical (unpaired) electrons. The molecule has 0 unspecified atom stereocenters. The second-order valence-corrected chi connectivity index (χ2v) is 3.28. The summed E-state index contributed by atoms with van der Waals surface area (Å²) in [6.07, 6.45) is 0.932. The van der Waals surface area contributed by atoms with Gasteiger partial charge in [0.25, 0.3) is 0 Å². The predicted molar refractivity (Wildman–Crippen MR) is 66.3 cm³/mol. The monoisotopic (exact) mass is 207 g/mol. The van der Waals surface area contributed by atoms with Crippen LogP contribution >= 0.6 is 0 Å². The van der Waals surface area contributed by atoms with Crippen LogP contribution in [0.25, 0.3) is 0 Å². The molecule has 15 heavy (non-hydrogen) atoms. The molecular formula is C13H21NO. The third kappa shape index (κ3) is 3.39. The van der Waals surface area contributed by atoms with Crippen molar-refractivity contribution in [1.82, 2.24) is 0 Å². The predicted octanol–water partition coefficient (Wildman–Crippen LogP) is 3.37. The van der Waals surface area contributed by atoms with E-state index in [0.29, 0.717) is 11.3 Å². The highest BCUT2D eigenvalue weighted by Gasteiger charge is 2.07. The summed E-state index contributed by atoms with van der Waals surface area (Å²) in [5, 5.41) is 0. The molecule has 0 atom stereocenters. The minimum atomic E-state index is 0.0379. The molecule has 1 aromatic rings. The van der Waals surface area contributed by atoms with E-state index in [1.165, 1.54) is 0 Å². The topological polar surface area (TPSA) is 43.1 Å². The lowest BCUT2D eigenvalue weighted by molar-refractivity contribution is 0.101. The van der Waals surface area contributed by atoms with Crippen LogP contribution in [0.5, 0.6) is 0 Å². The van der Waals surface area contributed by atoms with Crippen LogP contribution in [-0.2, 0) is 6.42 Å². The van der Waals surface area contributed by atoms with Crippen molar-refractivity contribution in [2.45, 2.75) is 41.0 Å². The number of aryl methyl sites for hydroxylation is 2. The van der Waals surface area contributed by atoms with E-state index in [1.54, 1.807) is 6.92 Å². The second kappa shape index (κ2) is 6.23. The Morgan fingerprint density at radius 1 is 1.33 bits per heavy atom. The smallest absolute Gasteiger partial charge is 0.161 e. The number of benzene rings is 1. The van der Waals surface area contributed by atoms with Crippen LogP contribution < -0.4 is 5.73 Å². The highest BCUT2D eigenvalue weighted by Crippen LogP contribution is 2.20. The van der Waals surface area contributed by atoms with E-state index >= 15 is 0 Å². The summed E-state index contributed by atoms with van der Waals surface area (Å²) < 4.78 is 0. The Morgan fingerprint density at radius 3 is 2.27 bits per heavy atom. The lowest BCUT2D eigenvalue weighted by atomic mass is 10.00. The van der Waals surface area contributed by atoms with Gasteiger partial charge >= 0.3 is 0 Å². The average Bonchev–Trinajstić information content (AvgIpc) is 2.24. The summed E-state index contributed by atoms with van der Waals surface area (Å²) in [5.74, 6) is 0.0379. The molecule has 1 aromatic carbocycles. The molecule has 0 heterocycles. The van der Waals surface area contributed by atoms with Gasteiger partial charge in [0.05, 0.1) is 0 Å². The molecule has 0 spiro atoms. The quantitative estimate of drug-likeness (QED) is 0.597. The molecule has 0 bridgehead atoms. The zero-order valence-electron chi connectivity index (χ0n) is 10.3. The van der Waals surface area contributed by atoms with Gasteiger partial charge in [-0.3, -0.25) is 4.79 Å². The average molecular weight is 207 g/mol. The first kappa shape index (κ1) is 13.7. The summed E-state index contributed by atoms with van der Waals surface area (Å²) in [4.78, 5) is 11.2. The maximum absolute atomic E-state index is 11.2. The molecule has 0 amide bonds. The molecular weight excluding hydrogens is 186 g/mol. The van der Waals surface area contributed by atoms with Gasteiger partial charge in [-0.25, -0.2) is 0 Å². The third-order valence-corrected chi connectivity index (χ3v) is 2.23. The number of ketones is 1. The molecule has 84 valence electrons. The Balaban J connectivity index is 0.000000921. The van der Waals surface area contributed by atoms with Gasteiger partial charge in [0.2, 0.25) is 0 Å². The van der Waals surface area contributed by atoms with Crippen molar-refractivity contribution in [2.75, 3.05) is 5.73 Å². The molecule has 0 saturated heterocycles. The zero-order chi connectivity index (χ0) is 12.0. The Hall–Kier alpha value is -1.31. The van der Waals surface area contributed by atoms with Gasteiger partial charge < -0.3 is 5.73 Å². The molecule has 1 rings (SSSR count). The fourth-order valence-electron chi connectivity index (χ4n) is 1.37. The molecule has 2 heteroatoms. The number of anilines is 1. The van der Waals surface area contributed by atoms with E-state index in [-0.39, 0.29) is 5.78 Å². The van der Waals surface area contributed by atoms with Crippen LogP contribution in [0.1, 0.15) is 49.2 Å². The van der Waals surface area contributed by atoms with Gasteiger partial charge in [0.1, 0.15) is 0 Å². The SMILES string of the molecule is CC.CCc1cc(C)c(N)c(C(C)=O)c1. The van der Waals surface area contributed by atoms with Gasteiger partial charge in [0, 0.05) is 11.3 Å². The van der Waals surface area contributed by atoms with E-state index in [0.717, 1.165) is 17.5 Å². The number of Topliss-reactive ketones (excluding diaryl/α,β-unsaturated/α-hetero) is 1. The number of nitrogens with two attached hydrogens (primary N) is 1. The van der Waals surface area contributed by atoms with Crippen molar-refractivity contribution in [2.24, 2.45) is 0 Å². The van der Waals surface area contributed by atoms with Crippen LogP contribution in [0, 0.1) is 6.92 Å². The minimum absolute atomic E-state index is 0.0379. The number of hydrogen-bond acceptors (Lipinski definition) is 2. The number of carbonyl (C=O) groups excluding carboxylic acids is 1. The summed E-state index contributed by atoms with van der Waals surface area (Å²) >= 11 is 0. The van der Waals surface area contributed by atoms with Crippen LogP contribution in [0.3, 0.4) is 0 Å². The van der Waals surface area contributed by atoms with Gasteiger partial charge in [0.15, 0.2) is 5.78 Å². The summed E-state index contributed by atoms with van der Waals surface area (Å²) in [6, 6.07) is 3.91. The Kier molecular flexibility index (Phi) is 5.68. The van der Waals surface area contributed by atoms with E-state index < -0.39 is 0 Å². The lowest BCUT2D eigenvalue weighted by Crippen LogP contribution is -2.03. The Bertz CT molecular complexity index is 343. The number of carbonyl (C=O) groups is 1. The molecule has 0 aliphatic rings. The van der Waals surface area contributed by atoms with Crippen LogP contribution in [0.2, 0.25) is 0 Å². The van der Waals surface area contributed by atoms with Crippen molar-refractivity contribution in [3.05, 3.63) is 28.8 Å². The molecule has 0 saturated carbocycles. The third-order valence-electron chi connectivity index (χ3n) is 2.23. The van der Waals surface area contributed by atoms with Crippen LogP contribution in [-0.4, -0.2) is 5.78 Å². The molecule has 0 aromatic heterocycles. The summed E-state index contributed by atoms with van der Waals surface area (Å²) in [6.45, 7) is 9.54. The van der Waals surface area contributed by atoms with E-state index in [1.807, 2.05) is 32.9 Å². The fourth-order valence-corrected chi connectivity index (χ4v) is 1.37. The largest absolute Gasteiger partial charge is 0.398 e. The summed E-state index contributed by atoms with van der Waals surface area (Å²) in [7, 11) is 0. The first-order valence-electron chi connectivity index (χ1n) is 5.46. The van der Waals surface area contributed by atoms with Gasteiger partial charge in [-0.05, 0) is 37.5 Å². The van der Waals surface area contributed by atoms with E-state index in [4.69, 9.17) is 5.73 Å². The van der Waals surface area contributed by atoms with Crippen LogP contribution in [0.4, 0.5) is 5.69 Å². The Labute approximate surface area is 92.5 Å². The lowest BCUT2D eigenvalue weighted by Gasteiger charge is -2.08. The first-order chi connectivity index (χ1) is 7.06. The highest BCUT2D eigenvalue weighted by atomic mass is 16.1. The van der Waals surface area contributed by atoms with Crippen molar-refractivity contribution in [1.29, 1.82) is 0 Å². The Morgan fingerprint density at radius 2 is 1.87 bits per heavy atom. The molecule has 2 N–H and O–H groups in total. The standard InChI is InChI=1S/C11H15NO.C2H6/c1-4-9-5-7(2)11(12)10(6-9)8(3)13;1-2/h5-6H,4,12H2,1-3H3;1-2H3. The minimum Gasteiger partial charge on any atom is -0.398 e. The number of rotatable bonds is 2. The molecule has 0 fully saturated rings. The van der Waals surface area contributed by atoms with Crippen molar-refractivity contribution in [3.8, 4) is 0 Å². The highest BCUT2D eigenvalue weighted by molar-refractivity contribution is 5.99. The normalized spacial score (nSPS) is 9.13. The molecule has 0 aliphatic carbocycles. The zero-order valence-corrected chi connectivity index (χ0v) is 10.3. The van der Waals surface area contributed by atoms with Crippen molar-refractivity contribution < 1.29 is 4.79 Å². The van der Waals surface area contributed by atoms with Crippen molar-refractivity contribution >= 4 is 11.5 Å². The summed E-state index contributed by atoms with van der Waals surface area (Å²) in [5.41, 5.74) is 9.21. The molecule has 2 nitrogen and oxygen atoms in total. The maximum atomic E-state index is 11.2. The van der Waals surface area contributed by atoms with E-state index in [2.05, 4.69) is 6.92 Å². The maximum Gasteiger partial charge on any atom is 0.161 e. The van der Waals surface area contributed by atoms with Gasteiger partial charge in [-0.2, -0.15) is 0 Å². The second-order valence-electron chi connectivity index (χ2n) is 3.28. The number of nitrogen functional groups attached to an aromatic ring is 1. The van der Waals surface area contributed by atoms with Gasteiger partial charge in [-0.15, -0.1) is 0 Å². The first-order valence-corrected chi connectivity index (χ1v) is 5.46. The van der Waals surface area contributed by atoms with E-state index in [9.17, 15) is 4.79 Å². The number of hydrogen-bond donors (Lipinski definition) is 1. The fraction of sp³-hybridized carbons (Fsp3) is 0.462. The van der Waals surface area contributed by atoms with Crippen molar-refractivity contribution in [3.63, 3.8) is 0 Å². The van der Waals surface area contributed by atoms with Gasteiger partial charge in [-0.1, -0.05) is 26.8 Å². The van der Waals surface area contributed by atoms with Crippen LogP contribution in [0.15, 0.2) is 12.1 Å².